The first-order valence-corrected chi connectivity index (χ1v) is 13.8. The molecule has 200 valence electrons. The number of nitrogens with zero attached hydrogens (tertiary/aromatic N) is 4. The number of benzene rings is 2. The van der Waals surface area contributed by atoms with Crippen molar-refractivity contribution in [2.24, 2.45) is 21.7 Å². The van der Waals surface area contributed by atoms with E-state index in [4.69, 9.17) is 27.2 Å². The summed E-state index contributed by atoms with van der Waals surface area (Å²) in [6.45, 7) is 4.33. The van der Waals surface area contributed by atoms with Gasteiger partial charge in [0.05, 0.1) is 31.3 Å². The van der Waals surface area contributed by atoms with Crippen LogP contribution in [0.5, 0.6) is 0 Å². The molecule has 2 unspecified atom stereocenters. The van der Waals surface area contributed by atoms with Crippen LogP contribution in [0.25, 0.3) is 0 Å². The zero-order valence-corrected chi connectivity index (χ0v) is 22.7. The molecular formula is C25H33ClN6O4S. The third-order valence-corrected chi connectivity index (χ3v) is 7.77. The molecule has 2 aromatic carbocycles. The third-order valence-electron chi connectivity index (χ3n) is 5.96. The number of primary amides is 1. The lowest BCUT2D eigenvalue weighted by Gasteiger charge is -2.25. The second-order valence-electron chi connectivity index (χ2n) is 8.60. The van der Waals surface area contributed by atoms with Crippen molar-refractivity contribution in [3.05, 3.63) is 70.7 Å². The molecule has 0 spiro atoms. The van der Waals surface area contributed by atoms with Crippen LogP contribution in [0.15, 0.2) is 64.7 Å². The number of hydrazone groups is 1. The average Bonchev–Trinajstić information content (AvgIpc) is 3.33. The summed E-state index contributed by atoms with van der Waals surface area (Å²) < 4.78 is 35.4. The minimum atomic E-state index is -3.99. The number of nitrogens with two attached hydrogens (primary N) is 1. The fourth-order valence-corrected chi connectivity index (χ4v) is 5.07. The fraction of sp³-hybridized carbons (Fsp3) is 0.400. The third kappa shape index (κ3) is 7.51. The van der Waals surface area contributed by atoms with E-state index < -0.39 is 22.0 Å². The summed E-state index contributed by atoms with van der Waals surface area (Å²) in [6, 6.07) is 17.1. The van der Waals surface area contributed by atoms with E-state index in [2.05, 4.69) is 9.71 Å². The van der Waals surface area contributed by atoms with Gasteiger partial charge in [0.1, 0.15) is 0 Å². The maximum absolute atomic E-state index is 13.3. The van der Waals surface area contributed by atoms with Gasteiger partial charge in [-0.05, 0) is 23.3 Å². The van der Waals surface area contributed by atoms with Crippen molar-refractivity contribution >= 4 is 39.4 Å². The van der Waals surface area contributed by atoms with Crippen LogP contribution < -0.4 is 10.5 Å². The number of carbonyl (C=O) groups is 1. The van der Waals surface area contributed by atoms with Crippen LogP contribution in [0.2, 0.25) is 5.02 Å². The highest BCUT2D eigenvalue weighted by atomic mass is 35.5. The van der Waals surface area contributed by atoms with Crippen molar-refractivity contribution in [1.29, 1.82) is 0 Å². The molecule has 0 aliphatic carbocycles. The number of aliphatic imine (C=N–C) groups is 1. The van der Waals surface area contributed by atoms with Gasteiger partial charge in [0.2, 0.25) is 11.9 Å². The molecular weight excluding hydrogens is 516 g/mol. The van der Waals surface area contributed by atoms with Gasteiger partial charge in [0, 0.05) is 31.1 Å². The Bertz CT molecular complexity index is 1220. The molecule has 10 nitrogen and oxygen atoms in total. The zero-order chi connectivity index (χ0) is 27.0. The molecule has 0 saturated carbocycles. The lowest BCUT2D eigenvalue weighted by atomic mass is 9.91. The van der Waals surface area contributed by atoms with E-state index in [1.54, 1.807) is 26.0 Å². The highest BCUT2D eigenvalue weighted by Crippen LogP contribution is 2.29. The molecule has 1 aliphatic heterocycles. The summed E-state index contributed by atoms with van der Waals surface area (Å²) in [5.74, 6) is -1.28. The van der Waals surface area contributed by atoms with E-state index in [0.29, 0.717) is 11.6 Å². The Balaban J connectivity index is 2.02. The minimum Gasteiger partial charge on any atom is -0.383 e. The van der Waals surface area contributed by atoms with Crippen molar-refractivity contribution in [3.8, 4) is 0 Å². The maximum atomic E-state index is 13.3. The smallest absolute Gasteiger partial charge is 0.304 e. The molecule has 0 radical (unpaired) electrons. The van der Waals surface area contributed by atoms with Crippen LogP contribution >= 0.6 is 11.6 Å². The number of hydrogen-bond acceptors (Lipinski definition) is 6. The lowest BCUT2D eigenvalue weighted by molar-refractivity contribution is -0.120. The Hall–Kier alpha value is -2.99. The topological polar surface area (TPSA) is 130 Å². The van der Waals surface area contributed by atoms with Crippen LogP contribution in [0.4, 0.5) is 0 Å². The van der Waals surface area contributed by atoms with Gasteiger partial charge in [0.15, 0.2) is 0 Å². The SMILES string of the molecule is CCN(CCOC)S(=O)(=O)NC(=NCC(C)C(N)=O)N1CC(c2ccccc2)C(c2ccc(Cl)cc2)=N1. The number of amides is 1. The largest absolute Gasteiger partial charge is 0.383 e. The van der Waals surface area contributed by atoms with Gasteiger partial charge < -0.3 is 10.5 Å². The Labute approximate surface area is 223 Å². The second-order valence-corrected chi connectivity index (χ2v) is 10.7. The minimum absolute atomic E-state index is 0.00428. The predicted octanol–water partition coefficient (Wildman–Crippen LogP) is 2.42. The number of halogens is 1. The monoisotopic (exact) mass is 548 g/mol. The Morgan fingerprint density at radius 3 is 2.54 bits per heavy atom. The Kier molecular flexibility index (Phi) is 10.0. The van der Waals surface area contributed by atoms with E-state index in [1.807, 2.05) is 42.5 Å². The summed E-state index contributed by atoms with van der Waals surface area (Å²) in [5.41, 5.74) is 8.02. The average molecular weight is 549 g/mol. The quantitative estimate of drug-likeness (QED) is 0.329. The first-order valence-electron chi connectivity index (χ1n) is 11.9. The van der Waals surface area contributed by atoms with Crippen LogP contribution in [-0.2, 0) is 19.7 Å². The number of carbonyl (C=O) groups excluding carboxylic acids is 1. The molecule has 0 fully saturated rings. The zero-order valence-electron chi connectivity index (χ0n) is 21.2. The summed E-state index contributed by atoms with van der Waals surface area (Å²) in [7, 11) is -2.48. The van der Waals surface area contributed by atoms with E-state index in [-0.39, 0.29) is 38.1 Å². The van der Waals surface area contributed by atoms with Gasteiger partial charge in [-0.2, -0.15) is 17.8 Å². The maximum Gasteiger partial charge on any atom is 0.304 e. The normalized spacial score (nSPS) is 17.1. The number of guanidine groups is 1. The van der Waals surface area contributed by atoms with Gasteiger partial charge >= 0.3 is 10.2 Å². The highest BCUT2D eigenvalue weighted by molar-refractivity contribution is 7.87. The van der Waals surface area contributed by atoms with Crippen molar-refractivity contribution in [2.75, 3.05) is 39.9 Å². The number of likely N-dealkylation sites (N-methyl/N-ethyl adjacent to an activating group) is 1. The van der Waals surface area contributed by atoms with Crippen LogP contribution in [0.1, 0.15) is 30.9 Å². The van der Waals surface area contributed by atoms with Crippen molar-refractivity contribution < 1.29 is 17.9 Å². The van der Waals surface area contributed by atoms with Crippen molar-refractivity contribution in [1.82, 2.24) is 14.0 Å². The summed E-state index contributed by atoms with van der Waals surface area (Å²) in [5, 5.41) is 6.91. The molecule has 0 bridgehead atoms. The number of ether oxygens (including phenoxy) is 1. The predicted molar refractivity (Wildman–Crippen MR) is 146 cm³/mol. The Morgan fingerprint density at radius 1 is 1.27 bits per heavy atom. The van der Waals surface area contributed by atoms with Crippen molar-refractivity contribution in [2.45, 2.75) is 19.8 Å². The summed E-state index contributed by atoms with van der Waals surface area (Å²) in [4.78, 5) is 16.1. The van der Waals surface area contributed by atoms with E-state index in [0.717, 1.165) is 16.8 Å². The molecule has 12 heteroatoms. The molecule has 2 atom stereocenters. The number of rotatable bonds is 11. The van der Waals surface area contributed by atoms with Crippen molar-refractivity contribution in [3.63, 3.8) is 0 Å². The first kappa shape index (κ1) is 28.6. The lowest BCUT2D eigenvalue weighted by Crippen LogP contribution is -2.49. The molecule has 3 rings (SSSR count). The van der Waals surface area contributed by atoms with Gasteiger partial charge in [-0.3, -0.25) is 4.79 Å². The van der Waals surface area contributed by atoms with Crippen LogP contribution in [0, 0.1) is 5.92 Å². The molecule has 2 aromatic rings. The van der Waals surface area contributed by atoms with Crippen LogP contribution in [0.3, 0.4) is 0 Å². The molecule has 0 aromatic heterocycles. The molecule has 1 heterocycles. The van der Waals surface area contributed by atoms with Crippen LogP contribution in [-0.4, -0.2) is 75.2 Å². The van der Waals surface area contributed by atoms with Gasteiger partial charge in [-0.25, -0.2) is 14.7 Å². The molecule has 37 heavy (non-hydrogen) atoms. The van der Waals surface area contributed by atoms with E-state index >= 15 is 0 Å². The molecule has 0 saturated heterocycles. The first-order chi connectivity index (χ1) is 17.7. The highest BCUT2D eigenvalue weighted by Gasteiger charge is 2.34. The molecule has 3 N–H and O–H groups in total. The van der Waals surface area contributed by atoms with Gasteiger partial charge in [-0.1, -0.05) is 67.9 Å². The van der Waals surface area contributed by atoms with Gasteiger partial charge in [0.25, 0.3) is 0 Å². The standard InChI is InChI=1S/C25H33ClN6O4S/c1-4-31(14-15-36-3)37(34,35)30-25(28-16-18(2)24(27)33)32-17-22(19-8-6-5-7-9-19)23(29-32)20-10-12-21(26)13-11-20/h5-13,18,22H,4,14-17H2,1-3H3,(H2,27,33)(H,28,30). The summed E-state index contributed by atoms with van der Waals surface area (Å²) >= 11 is 6.10. The molecule has 1 aliphatic rings. The Morgan fingerprint density at radius 2 is 1.95 bits per heavy atom. The summed E-state index contributed by atoms with van der Waals surface area (Å²) in [6.07, 6.45) is 0. The van der Waals surface area contributed by atoms with E-state index in [9.17, 15) is 13.2 Å². The number of hydrogen-bond donors (Lipinski definition) is 2. The van der Waals surface area contributed by atoms with E-state index in [1.165, 1.54) is 16.4 Å². The van der Waals surface area contributed by atoms with Gasteiger partial charge in [-0.15, -0.1) is 0 Å². The molecule has 1 amide bonds. The fourth-order valence-electron chi connectivity index (χ4n) is 3.76. The number of nitrogens with one attached hydrogen (secondary N) is 1. The number of methoxy groups -OCH3 is 1. The second kappa shape index (κ2) is 13.0.